The molecule has 1 heterocycles. The second-order valence-corrected chi connectivity index (χ2v) is 8.09. The summed E-state index contributed by atoms with van der Waals surface area (Å²) in [7, 11) is 2.72. The number of alkyl halides is 3. The van der Waals surface area contributed by atoms with Crippen molar-refractivity contribution in [1.82, 2.24) is 16.0 Å². The van der Waals surface area contributed by atoms with Gasteiger partial charge in [-0.05, 0) is 75.5 Å². The van der Waals surface area contributed by atoms with E-state index in [0.29, 0.717) is 41.9 Å². The van der Waals surface area contributed by atoms with Gasteiger partial charge in [0.05, 0.1) is 5.56 Å². The van der Waals surface area contributed by atoms with Crippen LogP contribution in [0.1, 0.15) is 41.3 Å². The molecule has 11 heteroatoms. The number of amides is 1. The molecule has 0 spiro atoms. The van der Waals surface area contributed by atoms with E-state index in [-0.39, 0.29) is 5.56 Å². The zero-order valence-corrected chi connectivity index (χ0v) is 22.0. The lowest BCUT2D eigenvalue weighted by molar-refractivity contribution is -0.137. The number of ether oxygens (including phenoxy) is 1. The number of carbonyl (C=O) groups excluding carboxylic acids is 1. The number of piperidine rings is 1. The van der Waals surface area contributed by atoms with Crippen LogP contribution in [0.25, 0.3) is 5.70 Å². The van der Waals surface area contributed by atoms with Crippen molar-refractivity contribution in [2.45, 2.75) is 32.0 Å². The number of benzene rings is 2. The number of anilines is 1. The summed E-state index contributed by atoms with van der Waals surface area (Å²) in [5, 5.41) is 25.5. The van der Waals surface area contributed by atoms with Gasteiger partial charge < -0.3 is 36.5 Å². The first-order chi connectivity index (χ1) is 18.2. The predicted octanol–water partition coefficient (Wildman–Crippen LogP) is 4.13. The molecule has 3 rings (SSSR count). The highest BCUT2D eigenvalue weighted by atomic mass is 19.4. The van der Waals surface area contributed by atoms with Gasteiger partial charge in [-0.15, -0.1) is 0 Å². The van der Waals surface area contributed by atoms with Crippen LogP contribution in [0.15, 0.2) is 49.0 Å². The van der Waals surface area contributed by atoms with Gasteiger partial charge in [-0.3, -0.25) is 4.79 Å². The molecule has 210 valence electrons. The van der Waals surface area contributed by atoms with E-state index in [1.54, 1.807) is 32.2 Å². The fourth-order valence-electron chi connectivity index (χ4n) is 3.59. The SMILES string of the molecule is C=C(NC)c1cc(NC(=O)c2cccc(C(F)(F)F)c2)ccc1OCCNC1CCNCC1.CC=N.CO. The highest BCUT2D eigenvalue weighted by Crippen LogP contribution is 2.30. The number of hydrogen-bond donors (Lipinski definition) is 6. The average molecular weight is 538 g/mol. The smallest absolute Gasteiger partial charge is 0.416 e. The maximum atomic E-state index is 12.9. The molecular weight excluding hydrogens is 499 g/mol. The lowest BCUT2D eigenvalue weighted by atomic mass is 10.1. The molecule has 38 heavy (non-hydrogen) atoms. The molecule has 1 amide bonds. The number of nitrogens with one attached hydrogen (secondary N) is 5. The summed E-state index contributed by atoms with van der Waals surface area (Å²) in [5.74, 6) is -0.0412. The zero-order valence-electron chi connectivity index (χ0n) is 22.0. The third kappa shape index (κ3) is 10.9. The summed E-state index contributed by atoms with van der Waals surface area (Å²) in [5.41, 5.74) is 0.709. The quantitative estimate of drug-likeness (QED) is 0.212. The van der Waals surface area contributed by atoms with Gasteiger partial charge in [0.15, 0.2) is 0 Å². The summed E-state index contributed by atoms with van der Waals surface area (Å²) in [6.07, 6.45) is -1.10. The van der Waals surface area contributed by atoms with Gasteiger partial charge in [0, 0.05) is 49.3 Å². The van der Waals surface area contributed by atoms with E-state index in [2.05, 4.69) is 27.8 Å². The van der Waals surface area contributed by atoms with Crippen LogP contribution in [0.4, 0.5) is 18.9 Å². The lowest BCUT2D eigenvalue weighted by Crippen LogP contribution is -2.41. The standard InChI is InChI=1S/C24H29F3N4O2.C2H5N.CH4O/c1-16(28-2)21-15-20(31-23(32)17-4-3-5-18(14-17)24(25,26)27)6-7-22(21)33-13-12-30-19-8-10-29-11-9-19;1-2-3;1-2/h3-7,14-15,19,28-30H,1,8-13H2,2H3,(H,31,32);2-3H,1H3;2H,1H3. The van der Waals surface area contributed by atoms with E-state index in [9.17, 15) is 18.0 Å². The van der Waals surface area contributed by atoms with Gasteiger partial charge in [0.25, 0.3) is 5.91 Å². The first kappa shape index (κ1) is 32.6. The highest BCUT2D eigenvalue weighted by Gasteiger charge is 2.30. The van der Waals surface area contributed by atoms with Crippen LogP contribution in [0.5, 0.6) is 5.75 Å². The van der Waals surface area contributed by atoms with Crippen molar-refractivity contribution in [3.8, 4) is 5.75 Å². The van der Waals surface area contributed by atoms with Crippen molar-refractivity contribution in [2.75, 3.05) is 45.7 Å². The minimum atomic E-state index is -4.52. The molecule has 8 nitrogen and oxygen atoms in total. The number of halogens is 3. The molecule has 1 saturated heterocycles. The molecule has 0 unspecified atom stereocenters. The zero-order chi connectivity index (χ0) is 28.6. The number of aliphatic hydroxyl groups is 1. The van der Waals surface area contributed by atoms with Crippen molar-refractivity contribution in [3.63, 3.8) is 0 Å². The van der Waals surface area contributed by atoms with E-state index >= 15 is 0 Å². The Kier molecular flexibility index (Phi) is 14.7. The van der Waals surface area contributed by atoms with Gasteiger partial charge in [-0.1, -0.05) is 12.6 Å². The van der Waals surface area contributed by atoms with Crippen molar-refractivity contribution in [1.29, 1.82) is 5.41 Å². The maximum Gasteiger partial charge on any atom is 0.416 e. The minimum absolute atomic E-state index is 0.0804. The molecule has 1 aliphatic heterocycles. The van der Waals surface area contributed by atoms with Crippen LogP contribution >= 0.6 is 0 Å². The van der Waals surface area contributed by atoms with E-state index < -0.39 is 17.6 Å². The number of rotatable bonds is 9. The van der Waals surface area contributed by atoms with Gasteiger partial charge in [-0.2, -0.15) is 13.2 Å². The second-order valence-electron chi connectivity index (χ2n) is 8.09. The van der Waals surface area contributed by atoms with Crippen LogP contribution in [0, 0.1) is 5.41 Å². The molecular formula is C27H38F3N5O3. The molecule has 0 atom stereocenters. The molecule has 1 fully saturated rings. The fraction of sp³-hybridized carbons (Fsp3) is 0.407. The molecule has 1 aliphatic rings. The van der Waals surface area contributed by atoms with Crippen LogP contribution in [-0.2, 0) is 6.18 Å². The summed E-state index contributed by atoms with van der Waals surface area (Å²) < 4.78 is 44.8. The monoisotopic (exact) mass is 537 g/mol. The van der Waals surface area contributed by atoms with Crippen molar-refractivity contribution >= 4 is 23.5 Å². The van der Waals surface area contributed by atoms with E-state index in [4.69, 9.17) is 15.3 Å². The minimum Gasteiger partial charge on any atom is -0.492 e. The molecule has 0 aromatic heterocycles. The molecule has 2 aromatic carbocycles. The molecule has 0 saturated carbocycles. The van der Waals surface area contributed by atoms with E-state index in [1.165, 1.54) is 18.3 Å². The fourth-order valence-corrected chi connectivity index (χ4v) is 3.59. The Morgan fingerprint density at radius 2 is 1.87 bits per heavy atom. The molecule has 2 aromatic rings. The number of carbonyl (C=O) groups is 1. The van der Waals surface area contributed by atoms with Crippen molar-refractivity contribution in [2.24, 2.45) is 0 Å². The van der Waals surface area contributed by atoms with Gasteiger partial charge >= 0.3 is 6.18 Å². The molecule has 0 aliphatic carbocycles. The van der Waals surface area contributed by atoms with Crippen LogP contribution in [-0.4, -0.2) is 63.7 Å². The van der Waals surface area contributed by atoms with Gasteiger partial charge in [-0.25, -0.2) is 0 Å². The second kappa shape index (κ2) is 17.2. The Morgan fingerprint density at radius 3 is 2.47 bits per heavy atom. The lowest BCUT2D eigenvalue weighted by Gasteiger charge is -2.24. The Hall–Kier alpha value is -3.41. The van der Waals surface area contributed by atoms with Crippen molar-refractivity contribution < 1.29 is 27.8 Å². The first-order valence-corrected chi connectivity index (χ1v) is 12.2. The summed E-state index contributed by atoms with van der Waals surface area (Å²) in [6.45, 7) is 8.82. The van der Waals surface area contributed by atoms with E-state index in [1.807, 2.05) is 0 Å². The topological polar surface area (TPSA) is 119 Å². The third-order valence-corrected chi connectivity index (χ3v) is 5.45. The maximum absolute atomic E-state index is 12.9. The van der Waals surface area contributed by atoms with Crippen LogP contribution in [0.3, 0.4) is 0 Å². The Morgan fingerprint density at radius 1 is 1.21 bits per heavy atom. The Balaban J connectivity index is 0.00000135. The largest absolute Gasteiger partial charge is 0.492 e. The average Bonchev–Trinajstić information content (AvgIpc) is 2.93. The van der Waals surface area contributed by atoms with Gasteiger partial charge in [0.1, 0.15) is 12.4 Å². The van der Waals surface area contributed by atoms with Crippen molar-refractivity contribution in [3.05, 3.63) is 65.7 Å². The summed E-state index contributed by atoms with van der Waals surface area (Å²) in [4.78, 5) is 12.5. The molecule has 0 bridgehead atoms. The van der Waals surface area contributed by atoms with Gasteiger partial charge in [0.2, 0.25) is 0 Å². The predicted molar refractivity (Wildman–Crippen MR) is 146 cm³/mol. The summed E-state index contributed by atoms with van der Waals surface area (Å²) >= 11 is 0. The Bertz CT molecular complexity index is 1030. The first-order valence-electron chi connectivity index (χ1n) is 12.2. The van der Waals surface area contributed by atoms with E-state index in [0.717, 1.165) is 45.2 Å². The highest BCUT2D eigenvalue weighted by molar-refractivity contribution is 6.04. The molecule has 0 radical (unpaired) electrons. The van der Waals surface area contributed by atoms with Crippen LogP contribution < -0.4 is 26.0 Å². The molecule has 6 N–H and O–H groups in total. The van der Waals surface area contributed by atoms with Crippen LogP contribution in [0.2, 0.25) is 0 Å². The number of aliphatic hydroxyl groups excluding tert-OH is 1. The third-order valence-electron chi connectivity index (χ3n) is 5.45. The summed E-state index contributed by atoms with van der Waals surface area (Å²) in [6, 6.07) is 9.83. The normalized spacial score (nSPS) is 13.1. The Labute approximate surface area is 222 Å². The number of hydrogen-bond acceptors (Lipinski definition) is 7.